The molecule has 1 aliphatic carbocycles. The van der Waals surface area contributed by atoms with Gasteiger partial charge in [0.2, 0.25) is 0 Å². The molecule has 92 valence electrons. The van der Waals surface area contributed by atoms with Gasteiger partial charge in [-0.2, -0.15) is 0 Å². The molecule has 0 heterocycles. The van der Waals surface area contributed by atoms with Crippen LogP contribution in [0.25, 0.3) is 0 Å². The van der Waals surface area contributed by atoms with Crippen molar-refractivity contribution >= 4 is 5.91 Å². The van der Waals surface area contributed by atoms with Gasteiger partial charge in [0.25, 0.3) is 5.91 Å². The summed E-state index contributed by atoms with van der Waals surface area (Å²) in [7, 11) is 0. The third-order valence-corrected chi connectivity index (χ3v) is 2.86. The zero-order valence-electron chi connectivity index (χ0n) is 9.26. The second-order valence-corrected chi connectivity index (χ2v) is 4.32. The fraction of sp³-hybridized carbons (Fsp3) is 0.417. The number of nitrogens with one attached hydrogen (secondary N) is 1. The van der Waals surface area contributed by atoms with E-state index in [1.54, 1.807) is 0 Å². The molecule has 2 rings (SSSR count). The van der Waals surface area contributed by atoms with Gasteiger partial charge in [-0.1, -0.05) is 0 Å². The minimum atomic E-state index is -0.529. The lowest BCUT2D eigenvalue weighted by atomic mass is 10.1. The van der Waals surface area contributed by atoms with Gasteiger partial charge in [0.05, 0.1) is 11.7 Å². The number of benzene rings is 1. The van der Waals surface area contributed by atoms with Crippen LogP contribution in [-0.4, -0.2) is 33.9 Å². The summed E-state index contributed by atoms with van der Waals surface area (Å²) in [5.41, 5.74) is 0.00740. The van der Waals surface area contributed by atoms with Gasteiger partial charge in [-0.15, -0.1) is 0 Å². The Kier molecular flexibility index (Phi) is 3.19. The van der Waals surface area contributed by atoms with Crippen LogP contribution < -0.4 is 5.32 Å². The van der Waals surface area contributed by atoms with Crippen molar-refractivity contribution in [2.45, 2.75) is 18.9 Å². The number of aromatic hydroxyl groups is 2. The SMILES string of the molecule is O=C(NCC(O)C1CC1)c1cc(O)ccc1O. The van der Waals surface area contributed by atoms with Crippen LogP contribution in [0.3, 0.4) is 0 Å². The molecule has 0 spiro atoms. The van der Waals surface area contributed by atoms with Gasteiger partial charge in [-0.3, -0.25) is 4.79 Å². The Hall–Kier alpha value is -1.75. The number of aliphatic hydroxyl groups excluding tert-OH is 1. The minimum Gasteiger partial charge on any atom is -0.508 e. The van der Waals surface area contributed by atoms with Crippen molar-refractivity contribution in [3.05, 3.63) is 23.8 Å². The lowest BCUT2D eigenvalue weighted by Gasteiger charge is -2.11. The Morgan fingerprint density at radius 3 is 2.76 bits per heavy atom. The predicted octanol–water partition coefficient (Wildman–Crippen LogP) is 0.598. The normalized spacial score (nSPS) is 16.5. The number of phenolic OH excluding ortho intramolecular Hbond substituents is 2. The van der Waals surface area contributed by atoms with Crippen LogP contribution in [0.15, 0.2) is 18.2 Å². The van der Waals surface area contributed by atoms with Gasteiger partial charge in [0.15, 0.2) is 0 Å². The van der Waals surface area contributed by atoms with Crippen molar-refractivity contribution in [3.63, 3.8) is 0 Å². The number of carbonyl (C=O) groups is 1. The predicted molar refractivity (Wildman–Crippen MR) is 60.8 cm³/mol. The third-order valence-electron chi connectivity index (χ3n) is 2.86. The lowest BCUT2D eigenvalue weighted by molar-refractivity contribution is 0.0898. The number of aliphatic hydroxyl groups is 1. The summed E-state index contributed by atoms with van der Waals surface area (Å²) in [4.78, 5) is 11.7. The quantitative estimate of drug-likeness (QED) is 0.577. The second-order valence-electron chi connectivity index (χ2n) is 4.32. The summed E-state index contributed by atoms with van der Waals surface area (Å²) in [5.74, 6) is -0.497. The highest BCUT2D eigenvalue weighted by Gasteiger charge is 2.29. The first-order valence-corrected chi connectivity index (χ1v) is 5.56. The van der Waals surface area contributed by atoms with Gasteiger partial charge in [-0.25, -0.2) is 0 Å². The zero-order valence-corrected chi connectivity index (χ0v) is 9.26. The molecule has 1 atom stereocenters. The van der Waals surface area contributed by atoms with E-state index >= 15 is 0 Å². The largest absolute Gasteiger partial charge is 0.508 e. The first kappa shape index (κ1) is 11.7. The maximum atomic E-state index is 11.7. The van der Waals surface area contributed by atoms with E-state index in [-0.39, 0.29) is 29.5 Å². The molecule has 0 radical (unpaired) electrons. The Labute approximate surface area is 98.7 Å². The van der Waals surface area contributed by atoms with E-state index in [0.717, 1.165) is 12.8 Å². The topological polar surface area (TPSA) is 89.8 Å². The number of amides is 1. The summed E-state index contributed by atoms with van der Waals surface area (Å²) in [6.45, 7) is 0.165. The number of hydrogen-bond donors (Lipinski definition) is 4. The van der Waals surface area contributed by atoms with Crippen molar-refractivity contribution in [1.82, 2.24) is 5.32 Å². The monoisotopic (exact) mass is 237 g/mol. The number of phenols is 2. The molecule has 5 nitrogen and oxygen atoms in total. The van der Waals surface area contributed by atoms with Crippen LogP contribution in [-0.2, 0) is 0 Å². The average molecular weight is 237 g/mol. The molecule has 1 aliphatic rings. The smallest absolute Gasteiger partial charge is 0.255 e. The maximum Gasteiger partial charge on any atom is 0.255 e. The van der Waals surface area contributed by atoms with E-state index < -0.39 is 12.0 Å². The molecular formula is C12H15NO4. The first-order chi connectivity index (χ1) is 8.08. The number of carbonyl (C=O) groups excluding carboxylic acids is 1. The molecular weight excluding hydrogens is 222 g/mol. The Morgan fingerprint density at radius 2 is 2.12 bits per heavy atom. The highest BCUT2D eigenvalue weighted by molar-refractivity contribution is 5.97. The molecule has 0 saturated heterocycles. The van der Waals surface area contributed by atoms with E-state index in [9.17, 15) is 20.1 Å². The molecule has 1 amide bonds. The summed E-state index contributed by atoms with van der Waals surface area (Å²) >= 11 is 0. The molecule has 1 saturated carbocycles. The van der Waals surface area contributed by atoms with Gasteiger partial charge in [0, 0.05) is 6.54 Å². The fourth-order valence-corrected chi connectivity index (χ4v) is 1.65. The standard InChI is InChI=1S/C12H15NO4/c14-8-3-4-10(15)9(5-8)12(17)13-6-11(16)7-1-2-7/h3-5,7,11,14-16H,1-2,6H2,(H,13,17). The van der Waals surface area contributed by atoms with Crippen molar-refractivity contribution in [1.29, 1.82) is 0 Å². The number of hydrogen-bond acceptors (Lipinski definition) is 4. The van der Waals surface area contributed by atoms with E-state index in [1.165, 1.54) is 18.2 Å². The molecule has 5 heteroatoms. The van der Waals surface area contributed by atoms with Crippen molar-refractivity contribution < 1.29 is 20.1 Å². The lowest BCUT2D eigenvalue weighted by Crippen LogP contribution is -2.33. The second kappa shape index (κ2) is 4.63. The number of rotatable bonds is 4. The molecule has 17 heavy (non-hydrogen) atoms. The zero-order chi connectivity index (χ0) is 12.4. The molecule has 0 bridgehead atoms. The van der Waals surface area contributed by atoms with Crippen molar-refractivity contribution in [3.8, 4) is 11.5 Å². The van der Waals surface area contributed by atoms with Gasteiger partial charge in [0.1, 0.15) is 11.5 Å². The summed E-state index contributed by atoms with van der Waals surface area (Å²) < 4.78 is 0. The van der Waals surface area contributed by atoms with E-state index in [4.69, 9.17) is 0 Å². The van der Waals surface area contributed by atoms with E-state index in [1.807, 2.05) is 0 Å². The summed E-state index contributed by atoms with van der Waals surface area (Å²) in [5, 5.41) is 30.8. The van der Waals surface area contributed by atoms with E-state index in [0.29, 0.717) is 0 Å². The van der Waals surface area contributed by atoms with Crippen molar-refractivity contribution in [2.75, 3.05) is 6.54 Å². The Balaban J connectivity index is 1.96. The average Bonchev–Trinajstić information content (AvgIpc) is 3.12. The first-order valence-electron chi connectivity index (χ1n) is 5.56. The van der Waals surface area contributed by atoms with Crippen molar-refractivity contribution in [2.24, 2.45) is 5.92 Å². The van der Waals surface area contributed by atoms with Crippen LogP contribution >= 0.6 is 0 Å². The van der Waals surface area contributed by atoms with Crippen LogP contribution in [0, 0.1) is 5.92 Å². The Morgan fingerprint density at radius 1 is 1.41 bits per heavy atom. The summed E-state index contributed by atoms with van der Waals surface area (Å²) in [6, 6.07) is 3.74. The molecule has 4 N–H and O–H groups in total. The van der Waals surface area contributed by atoms with Gasteiger partial charge >= 0.3 is 0 Å². The highest BCUT2D eigenvalue weighted by Crippen LogP contribution is 2.32. The van der Waals surface area contributed by atoms with Gasteiger partial charge < -0.3 is 20.6 Å². The van der Waals surface area contributed by atoms with Crippen LogP contribution in [0.2, 0.25) is 0 Å². The fourth-order valence-electron chi connectivity index (χ4n) is 1.65. The minimum absolute atomic E-state index is 0.00740. The van der Waals surface area contributed by atoms with Crippen LogP contribution in [0.1, 0.15) is 23.2 Å². The molecule has 0 aromatic heterocycles. The molecule has 0 aliphatic heterocycles. The summed E-state index contributed by atoms with van der Waals surface area (Å²) in [6.07, 6.45) is 1.46. The third kappa shape index (κ3) is 2.88. The molecule has 1 aromatic carbocycles. The maximum absolute atomic E-state index is 11.7. The molecule has 1 fully saturated rings. The van der Waals surface area contributed by atoms with Crippen LogP contribution in [0.4, 0.5) is 0 Å². The van der Waals surface area contributed by atoms with E-state index in [2.05, 4.69) is 5.32 Å². The Bertz CT molecular complexity index is 429. The van der Waals surface area contributed by atoms with Crippen LogP contribution in [0.5, 0.6) is 11.5 Å². The highest BCUT2D eigenvalue weighted by atomic mass is 16.3. The van der Waals surface area contributed by atoms with Gasteiger partial charge in [-0.05, 0) is 37.0 Å². The molecule has 1 unspecified atom stereocenters. The molecule has 1 aromatic rings.